The minimum Gasteiger partial charge on any atom is -0.380 e. The third-order valence-corrected chi connectivity index (χ3v) is 7.60. The SMILES string of the molecule is CCCSNC1C(Cc2cccc(-c3ccccc3)c2F)N(C(=O)C2(O)CCC2)CC1(F)F. The molecule has 0 aromatic heterocycles. The zero-order valence-corrected chi connectivity index (χ0v) is 19.4. The van der Waals surface area contributed by atoms with Crippen molar-refractivity contribution < 1.29 is 23.1 Å². The second-order valence-corrected chi connectivity index (χ2v) is 9.87. The number of aliphatic hydroxyl groups is 1. The molecule has 2 aromatic rings. The van der Waals surface area contributed by atoms with Gasteiger partial charge in [0.1, 0.15) is 17.5 Å². The van der Waals surface area contributed by atoms with Gasteiger partial charge in [-0.15, -0.1) is 0 Å². The zero-order chi connectivity index (χ0) is 23.6. The molecule has 1 aliphatic carbocycles. The summed E-state index contributed by atoms with van der Waals surface area (Å²) >= 11 is 1.19. The first-order valence-corrected chi connectivity index (χ1v) is 12.4. The molecule has 0 spiro atoms. The van der Waals surface area contributed by atoms with E-state index in [0.29, 0.717) is 23.3 Å². The summed E-state index contributed by atoms with van der Waals surface area (Å²) in [5.74, 6) is -3.72. The number of carbonyl (C=O) groups excluding carboxylic acids is 1. The second-order valence-electron chi connectivity index (χ2n) is 8.94. The summed E-state index contributed by atoms with van der Waals surface area (Å²) in [7, 11) is 0. The van der Waals surface area contributed by atoms with E-state index in [2.05, 4.69) is 4.72 Å². The van der Waals surface area contributed by atoms with Gasteiger partial charge in [0.2, 0.25) is 0 Å². The first-order chi connectivity index (χ1) is 15.8. The lowest BCUT2D eigenvalue weighted by molar-refractivity contribution is -0.162. The largest absolute Gasteiger partial charge is 0.380 e. The number of hydrogen-bond acceptors (Lipinski definition) is 4. The van der Waals surface area contributed by atoms with Crippen LogP contribution < -0.4 is 4.72 Å². The summed E-state index contributed by atoms with van der Waals surface area (Å²) in [4.78, 5) is 14.2. The van der Waals surface area contributed by atoms with E-state index in [1.165, 1.54) is 11.9 Å². The van der Waals surface area contributed by atoms with Crippen LogP contribution in [0.2, 0.25) is 0 Å². The summed E-state index contributed by atoms with van der Waals surface area (Å²) in [6.45, 7) is 1.16. The molecule has 4 rings (SSSR count). The molecule has 8 heteroatoms. The van der Waals surface area contributed by atoms with Crippen LogP contribution in [0.15, 0.2) is 48.5 Å². The molecule has 178 valence electrons. The summed E-state index contributed by atoms with van der Waals surface area (Å²) in [5.41, 5.74) is -0.244. The molecule has 2 aliphatic rings. The minimum atomic E-state index is -3.20. The molecule has 1 aliphatic heterocycles. The molecule has 1 saturated carbocycles. The Morgan fingerprint density at radius 1 is 1.18 bits per heavy atom. The average molecular weight is 479 g/mol. The highest BCUT2D eigenvalue weighted by molar-refractivity contribution is 7.97. The Balaban J connectivity index is 1.67. The van der Waals surface area contributed by atoms with E-state index in [1.807, 2.05) is 25.1 Å². The van der Waals surface area contributed by atoms with Crippen LogP contribution in [0.1, 0.15) is 38.2 Å². The molecule has 2 N–H and O–H groups in total. The highest BCUT2D eigenvalue weighted by Crippen LogP contribution is 2.41. The molecule has 0 bridgehead atoms. The number of halogens is 3. The molecular formula is C25H29F3N2O2S. The number of benzene rings is 2. The summed E-state index contributed by atoms with van der Waals surface area (Å²) < 4.78 is 48.6. The molecular weight excluding hydrogens is 449 g/mol. The minimum absolute atomic E-state index is 0.0751. The maximum absolute atomic E-state index is 15.5. The zero-order valence-electron chi connectivity index (χ0n) is 18.6. The average Bonchev–Trinajstić information content (AvgIpc) is 3.03. The van der Waals surface area contributed by atoms with Crippen LogP contribution in [-0.4, -0.2) is 51.8 Å². The number of hydrogen-bond donors (Lipinski definition) is 2. The predicted octanol–water partition coefficient (Wildman–Crippen LogP) is 4.81. The lowest BCUT2D eigenvalue weighted by Crippen LogP contribution is -2.56. The van der Waals surface area contributed by atoms with E-state index in [0.717, 1.165) is 11.3 Å². The van der Waals surface area contributed by atoms with E-state index >= 15 is 13.2 Å². The van der Waals surface area contributed by atoms with Gasteiger partial charge in [-0.05, 0) is 43.2 Å². The van der Waals surface area contributed by atoms with Gasteiger partial charge in [0.15, 0.2) is 0 Å². The van der Waals surface area contributed by atoms with Gasteiger partial charge in [-0.25, -0.2) is 13.2 Å². The Morgan fingerprint density at radius 3 is 2.55 bits per heavy atom. The fraction of sp³-hybridized carbons (Fsp3) is 0.480. The van der Waals surface area contributed by atoms with Crippen LogP contribution >= 0.6 is 11.9 Å². The molecule has 1 heterocycles. The van der Waals surface area contributed by atoms with Crippen molar-refractivity contribution in [3.63, 3.8) is 0 Å². The Bertz CT molecular complexity index is 985. The van der Waals surface area contributed by atoms with Gasteiger partial charge in [-0.2, -0.15) is 0 Å². The number of amides is 1. The van der Waals surface area contributed by atoms with E-state index in [4.69, 9.17) is 0 Å². The van der Waals surface area contributed by atoms with Gasteiger partial charge in [-0.1, -0.05) is 67.4 Å². The van der Waals surface area contributed by atoms with Crippen molar-refractivity contribution in [2.24, 2.45) is 0 Å². The molecule has 1 saturated heterocycles. The lowest BCUT2D eigenvalue weighted by Gasteiger charge is -2.40. The summed E-state index contributed by atoms with van der Waals surface area (Å²) in [6, 6.07) is 11.6. The van der Waals surface area contributed by atoms with E-state index < -0.39 is 41.9 Å². The smallest absolute Gasteiger partial charge is 0.283 e. The number of nitrogens with one attached hydrogen (secondary N) is 1. The standard InChI is InChI=1S/C25H29F3N2O2S/c1-2-14-33-29-22-20(30(16-25(22,27)28)23(31)24(32)12-7-13-24)15-18-10-6-11-19(21(18)26)17-8-4-3-5-9-17/h3-6,8-11,20,22,29,32H,2,7,12-16H2,1H3. The predicted molar refractivity (Wildman–Crippen MR) is 124 cm³/mol. The van der Waals surface area contributed by atoms with Gasteiger partial charge in [0, 0.05) is 11.3 Å². The molecule has 2 aromatic carbocycles. The van der Waals surface area contributed by atoms with Crippen molar-refractivity contribution in [2.75, 3.05) is 12.3 Å². The van der Waals surface area contributed by atoms with Crippen LogP contribution in [0.3, 0.4) is 0 Å². The van der Waals surface area contributed by atoms with Crippen LogP contribution in [-0.2, 0) is 11.2 Å². The molecule has 0 radical (unpaired) electrons. The van der Waals surface area contributed by atoms with Gasteiger partial charge >= 0.3 is 0 Å². The third-order valence-electron chi connectivity index (χ3n) is 6.57. The van der Waals surface area contributed by atoms with Gasteiger partial charge in [-0.3, -0.25) is 9.52 Å². The van der Waals surface area contributed by atoms with Crippen LogP contribution in [0, 0.1) is 5.82 Å². The molecule has 1 amide bonds. The molecule has 4 nitrogen and oxygen atoms in total. The molecule has 2 atom stereocenters. The fourth-order valence-corrected chi connectivity index (χ4v) is 5.40. The number of rotatable bonds is 8. The van der Waals surface area contributed by atoms with E-state index in [1.54, 1.807) is 30.3 Å². The Morgan fingerprint density at radius 2 is 1.91 bits per heavy atom. The van der Waals surface area contributed by atoms with E-state index in [-0.39, 0.29) is 24.8 Å². The first-order valence-electron chi connectivity index (χ1n) is 11.4. The van der Waals surface area contributed by atoms with Gasteiger partial charge in [0.05, 0.1) is 12.6 Å². The topological polar surface area (TPSA) is 52.6 Å². The monoisotopic (exact) mass is 478 g/mol. The van der Waals surface area contributed by atoms with Crippen molar-refractivity contribution in [3.8, 4) is 11.1 Å². The highest BCUT2D eigenvalue weighted by Gasteiger charge is 2.59. The second kappa shape index (κ2) is 9.68. The van der Waals surface area contributed by atoms with Gasteiger partial charge in [0.25, 0.3) is 11.8 Å². The van der Waals surface area contributed by atoms with Crippen molar-refractivity contribution in [1.29, 1.82) is 0 Å². The van der Waals surface area contributed by atoms with E-state index in [9.17, 15) is 9.90 Å². The lowest BCUT2D eigenvalue weighted by atomic mass is 9.79. The number of carbonyl (C=O) groups is 1. The Hall–Kier alpha value is -2.03. The van der Waals surface area contributed by atoms with Crippen molar-refractivity contribution in [3.05, 3.63) is 59.9 Å². The van der Waals surface area contributed by atoms with Crippen LogP contribution in [0.5, 0.6) is 0 Å². The highest BCUT2D eigenvalue weighted by atomic mass is 32.2. The quantitative estimate of drug-likeness (QED) is 0.422. The number of alkyl halides is 2. The number of nitrogens with zero attached hydrogens (tertiary/aromatic N) is 1. The normalized spacial score (nSPS) is 23.4. The third kappa shape index (κ3) is 4.79. The Kier molecular flexibility index (Phi) is 7.07. The van der Waals surface area contributed by atoms with Crippen LogP contribution in [0.4, 0.5) is 13.2 Å². The van der Waals surface area contributed by atoms with Crippen LogP contribution in [0.25, 0.3) is 11.1 Å². The summed E-state index contributed by atoms with van der Waals surface area (Å²) in [6.07, 6.45) is 1.94. The maximum atomic E-state index is 15.5. The first kappa shape index (κ1) is 24.1. The maximum Gasteiger partial charge on any atom is 0.283 e. The molecule has 2 fully saturated rings. The molecule has 2 unspecified atom stereocenters. The number of likely N-dealkylation sites (tertiary alicyclic amines) is 1. The fourth-order valence-electron chi connectivity index (χ4n) is 4.57. The van der Waals surface area contributed by atoms with Crippen molar-refractivity contribution >= 4 is 17.9 Å². The molecule has 33 heavy (non-hydrogen) atoms. The Labute approximate surface area is 196 Å². The summed E-state index contributed by atoms with van der Waals surface area (Å²) in [5, 5.41) is 10.6. The van der Waals surface area contributed by atoms with Crippen molar-refractivity contribution in [1.82, 2.24) is 9.62 Å². The van der Waals surface area contributed by atoms with Crippen molar-refractivity contribution in [2.45, 2.75) is 62.6 Å². The van der Waals surface area contributed by atoms with Gasteiger partial charge < -0.3 is 10.0 Å².